The topological polar surface area (TPSA) is 110 Å². The summed E-state index contributed by atoms with van der Waals surface area (Å²) >= 11 is 0. The van der Waals surface area contributed by atoms with E-state index in [0.29, 0.717) is 0 Å². The molecule has 7 nitrogen and oxygen atoms in total. The minimum absolute atomic E-state index is 0.00789. The van der Waals surface area contributed by atoms with E-state index in [-0.39, 0.29) is 17.9 Å². The Morgan fingerprint density at radius 1 is 1.05 bits per heavy atom. The van der Waals surface area contributed by atoms with Gasteiger partial charge in [-0.15, -0.1) is 0 Å². The van der Waals surface area contributed by atoms with E-state index >= 15 is 0 Å². The number of benzene rings is 2. The van der Waals surface area contributed by atoms with Crippen LogP contribution >= 0.6 is 0 Å². The van der Waals surface area contributed by atoms with Crippen LogP contribution in [0.1, 0.15) is 15.9 Å². The third-order valence-electron chi connectivity index (χ3n) is 2.62. The molecular formula is C14H12O7S. The molecule has 0 unspecified atom stereocenters. The molecule has 0 atom stereocenters. The number of carboxylic acids is 1. The lowest BCUT2D eigenvalue weighted by Crippen LogP contribution is -2.09. The van der Waals surface area contributed by atoms with Crippen molar-refractivity contribution in [3.05, 3.63) is 59.7 Å². The first kappa shape index (κ1) is 15.8. The van der Waals surface area contributed by atoms with Gasteiger partial charge in [0.1, 0.15) is 6.61 Å². The van der Waals surface area contributed by atoms with Gasteiger partial charge in [0, 0.05) is 6.07 Å². The van der Waals surface area contributed by atoms with Gasteiger partial charge in [0.15, 0.2) is 11.5 Å². The van der Waals surface area contributed by atoms with Crippen LogP contribution in [-0.4, -0.2) is 24.0 Å². The monoisotopic (exact) mass is 324 g/mol. The van der Waals surface area contributed by atoms with Crippen molar-refractivity contribution in [3.63, 3.8) is 0 Å². The van der Waals surface area contributed by atoms with Crippen LogP contribution < -0.4 is 8.92 Å². The Hall–Kier alpha value is -2.58. The molecule has 0 aliphatic heterocycles. The molecule has 2 N–H and O–H groups in total. The van der Waals surface area contributed by atoms with E-state index in [2.05, 4.69) is 4.18 Å². The summed E-state index contributed by atoms with van der Waals surface area (Å²) in [5, 5.41) is 8.90. The molecule has 0 saturated carbocycles. The number of hydrogen-bond donors (Lipinski definition) is 2. The SMILES string of the molecule is O=C(O)c1ccc(OCc2ccccc2)c(OS(=O)(=O)O)c1. The molecule has 0 spiro atoms. The Labute approximate surface area is 126 Å². The van der Waals surface area contributed by atoms with Crippen LogP contribution in [0.3, 0.4) is 0 Å². The van der Waals surface area contributed by atoms with E-state index in [0.717, 1.165) is 11.6 Å². The third-order valence-corrected chi connectivity index (χ3v) is 3.01. The van der Waals surface area contributed by atoms with Gasteiger partial charge in [-0.3, -0.25) is 4.55 Å². The molecule has 0 bridgehead atoms. The summed E-state index contributed by atoms with van der Waals surface area (Å²) in [6.45, 7) is 0.120. The highest BCUT2D eigenvalue weighted by Gasteiger charge is 2.16. The number of ether oxygens (including phenoxy) is 1. The fraction of sp³-hybridized carbons (Fsp3) is 0.0714. The van der Waals surface area contributed by atoms with E-state index in [1.165, 1.54) is 12.1 Å². The molecule has 0 aliphatic rings. The van der Waals surface area contributed by atoms with Crippen LogP contribution in [0.25, 0.3) is 0 Å². The molecule has 2 aromatic rings. The second-order valence-corrected chi connectivity index (χ2v) is 5.27. The summed E-state index contributed by atoms with van der Waals surface area (Å²) in [6, 6.07) is 12.5. The molecule has 8 heteroatoms. The van der Waals surface area contributed by atoms with Gasteiger partial charge in [0.2, 0.25) is 0 Å². The lowest BCUT2D eigenvalue weighted by atomic mass is 10.2. The smallest absolute Gasteiger partial charge is 0.446 e. The van der Waals surface area contributed by atoms with Gasteiger partial charge >= 0.3 is 16.4 Å². The summed E-state index contributed by atoms with van der Waals surface area (Å²) in [6.07, 6.45) is 0. The van der Waals surface area contributed by atoms with Crippen molar-refractivity contribution < 1.29 is 31.8 Å². The molecule has 0 fully saturated rings. The minimum atomic E-state index is -4.80. The fourth-order valence-electron chi connectivity index (χ4n) is 1.67. The zero-order valence-corrected chi connectivity index (χ0v) is 12.0. The maximum atomic E-state index is 10.9. The van der Waals surface area contributed by atoms with Crippen LogP contribution in [0.4, 0.5) is 0 Å². The van der Waals surface area contributed by atoms with Crippen LogP contribution in [0.2, 0.25) is 0 Å². The molecule has 0 amide bonds. The standard InChI is InChI=1S/C14H12O7S/c15-14(16)11-6-7-12(13(8-11)21-22(17,18)19)20-9-10-4-2-1-3-5-10/h1-8H,9H2,(H,15,16)(H,17,18,19). The summed E-state index contributed by atoms with van der Waals surface area (Å²) < 4.78 is 40.2. The zero-order chi connectivity index (χ0) is 16.2. The highest BCUT2D eigenvalue weighted by atomic mass is 32.3. The molecule has 22 heavy (non-hydrogen) atoms. The van der Waals surface area contributed by atoms with Gasteiger partial charge in [-0.2, -0.15) is 8.42 Å². The largest absolute Gasteiger partial charge is 0.485 e. The van der Waals surface area contributed by atoms with Crippen molar-refractivity contribution in [1.82, 2.24) is 0 Å². The van der Waals surface area contributed by atoms with Crippen molar-refractivity contribution in [2.24, 2.45) is 0 Å². The van der Waals surface area contributed by atoms with Gasteiger partial charge < -0.3 is 14.0 Å². The number of aromatic carboxylic acids is 1. The average molecular weight is 324 g/mol. The predicted octanol–water partition coefficient (Wildman–Crippen LogP) is 2.15. The van der Waals surface area contributed by atoms with Gasteiger partial charge in [0.25, 0.3) is 0 Å². The van der Waals surface area contributed by atoms with Crippen molar-refractivity contribution in [2.75, 3.05) is 0 Å². The predicted molar refractivity (Wildman–Crippen MR) is 76.4 cm³/mol. The average Bonchev–Trinajstić information content (AvgIpc) is 2.45. The highest BCUT2D eigenvalue weighted by Crippen LogP contribution is 2.30. The lowest BCUT2D eigenvalue weighted by molar-refractivity contribution is 0.0696. The molecule has 0 aromatic heterocycles. The molecule has 2 aromatic carbocycles. The van der Waals surface area contributed by atoms with Gasteiger partial charge in [-0.05, 0) is 17.7 Å². The number of carboxylic acid groups (broad SMARTS) is 1. The third kappa shape index (κ3) is 4.47. The quantitative estimate of drug-likeness (QED) is 0.783. The van der Waals surface area contributed by atoms with E-state index in [1.807, 2.05) is 18.2 Å². The van der Waals surface area contributed by atoms with Crippen molar-refractivity contribution in [2.45, 2.75) is 6.61 Å². The summed E-state index contributed by atoms with van der Waals surface area (Å²) in [7, 11) is -4.80. The maximum Gasteiger partial charge on any atom is 0.446 e. The number of carbonyl (C=O) groups is 1. The summed E-state index contributed by atoms with van der Waals surface area (Å²) in [5.41, 5.74) is 0.619. The first-order valence-electron chi connectivity index (χ1n) is 6.06. The Morgan fingerprint density at radius 2 is 1.73 bits per heavy atom. The Morgan fingerprint density at radius 3 is 2.32 bits per heavy atom. The van der Waals surface area contributed by atoms with Crippen LogP contribution in [0, 0.1) is 0 Å². The zero-order valence-electron chi connectivity index (χ0n) is 11.2. The van der Waals surface area contributed by atoms with Crippen molar-refractivity contribution >= 4 is 16.4 Å². The maximum absolute atomic E-state index is 10.9. The van der Waals surface area contributed by atoms with Gasteiger partial charge in [0.05, 0.1) is 5.56 Å². The Bertz CT molecular complexity index is 769. The van der Waals surface area contributed by atoms with E-state index in [1.54, 1.807) is 12.1 Å². The number of hydrogen-bond acceptors (Lipinski definition) is 5. The highest BCUT2D eigenvalue weighted by molar-refractivity contribution is 7.81. The van der Waals surface area contributed by atoms with E-state index in [9.17, 15) is 13.2 Å². The lowest BCUT2D eigenvalue weighted by Gasteiger charge is -2.11. The molecule has 116 valence electrons. The Kier molecular flexibility index (Phi) is 4.64. The van der Waals surface area contributed by atoms with Gasteiger partial charge in [-0.25, -0.2) is 4.79 Å². The Balaban J connectivity index is 2.27. The first-order valence-corrected chi connectivity index (χ1v) is 7.42. The first-order chi connectivity index (χ1) is 10.3. The molecule has 2 rings (SSSR count). The molecular weight excluding hydrogens is 312 g/mol. The fourth-order valence-corrected chi connectivity index (χ4v) is 2.03. The van der Waals surface area contributed by atoms with Crippen LogP contribution in [0.5, 0.6) is 11.5 Å². The van der Waals surface area contributed by atoms with Crippen LogP contribution in [-0.2, 0) is 17.0 Å². The summed E-state index contributed by atoms with van der Waals surface area (Å²) in [4.78, 5) is 10.9. The van der Waals surface area contributed by atoms with Crippen molar-refractivity contribution in [1.29, 1.82) is 0 Å². The minimum Gasteiger partial charge on any atom is -0.485 e. The van der Waals surface area contributed by atoms with E-state index < -0.39 is 22.1 Å². The molecule has 0 heterocycles. The second kappa shape index (κ2) is 6.46. The van der Waals surface area contributed by atoms with Crippen molar-refractivity contribution in [3.8, 4) is 11.5 Å². The molecule has 0 aliphatic carbocycles. The second-order valence-electron chi connectivity index (χ2n) is 4.25. The molecule has 0 radical (unpaired) electrons. The van der Waals surface area contributed by atoms with E-state index in [4.69, 9.17) is 14.4 Å². The van der Waals surface area contributed by atoms with Gasteiger partial charge in [-0.1, -0.05) is 30.3 Å². The number of rotatable bonds is 6. The normalized spacial score (nSPS) is 11.0. The van der Waals surface area contributed by atoms with Crippen LogP contribution in [0.15, 0.2) is 48.5 Å². The summed E-state index contributed by atoms with van der Waals surface area (Å²) in [5.74, 6) is -1.68. The molecule has 0 saturated heterocycles.